The summed E-state index contributed by atoms with van der Waals surface area (Å²) in [5.74, 6) is 0.649. The molecule has 1 fully saturated rings. The van der Waals surface area contributed by atoms with Gasteiger partial charge in [-0.1, -0.05) is 25.1 Å². The van der Waals surface area contributed by atoms with Gasteiger partial charge in [-0.25, -0.2) is 0 Å². The highest BCUT2D eigenvalue weighted by atomic mass is 16.2. The van der Waals surface area contributed by atoms with Gasteiger partial charge < -0.3 is 9.88 Å². The van der Waals surface area contributed by atoms with E-state index in [1.807, 2.05) is 11.1 Å². The molecular weight excluding hydrogens is 336 g/mol. The van der Waals surface area contributed by atoms with Crippen LogP contribution in [-0.4, -0.2) is 32.1 Å². The van der Waals surface area contributed by atoms with Crippen molar-refractivity contribution in [3.63, 3.8) is 0 Å². The summed E-state index contributed by atoms with van der Waals surface area (Å²) in [5.41, 5.74) is 5.70. The van der Waals surface area contributed by atoms with Crippen LogP contribution in [0.5, 0.6) is 0 Å². The molecule has 1 aliphatic carbocycles. The molecule has 5 rings (SSSR count). The predicted octanol–water partition coefficient (Wildman–Crippen LogP) is 4.41. The minimum absolute atomic E-state index is 0.141. The molecule has 3 aromatic rings. The molecule has 0 saturated heterocycles. The summed E-state index contributed by atoms with van der Waals surface area (Å²) in [7, 11) is 0. The number of aromatic amines is 1. The zero-order chi connectivity index (χ0) is 18.5. The Hall–Kier alpha value is -2.56. The number of para-hydroxylation sites is 1. The lowest BCUT2D eigenvalue weighted by atomic mass is 10.0. The monoisotopic (exact) mass is 362 g/mol. The number of amides is 1. The lowest BCUT2D eigenvalue weighted by Gasteiger charge is -2.27. The minimum Gasteiger partial charge on any atom is -0.358 e. The SMILES string of the molecule is CC[C@@H](C)n1ncc(C(=O)N2CCc3[nH]c4ccccc4c3C2)c1C1CC1. The van der Waals surface area contributed by atoms with Crippen molar-refractivity contribution in [2.75, 3.05) is 6.54 Å². The van der Waals surface area contributed by atoms with Crippen LogP contribution in [0.15, 0.2) is 30.5 Å². The molecule has 0 spiro atoms. The van der Waals surface area contributed by atoms with E-state index in [4.69, 9.17) is 0 Å². The second kappa shape index (κ2) is 6.25. The summed E-state index contributed by atoms with van der Waals surface area (Å²) in [4.78, 5) is 18.9. The van der Waals surface area contributed by atoms with E-state index in [2.05, 4.69) is 52.9 Å². The smallest absolute Gasteiger partial charge is 0.257 e. The first-order valence-electron chi connectivity index (χ1n) is 10.1. The maximum absolute atomic E-state index is 13.4. The van der Waals surface area contributed by atoms with Crippen molar-refractivity contribution in [3.05, 3.63) is 53.0 Å². The van der Waals surface area contributed by atoms with Crippen LogP contribution in [0.2, 0.25) is 0 Å². The number of carbonyl (C=O) groups excluding carboxylic acids is 1. The molecule has 1 aliphatic heterocycles. The van der Waals surface area contributed by atoms with Crippen molar-refractivity contribution in [2.45, 2.75) is 58.0 Å². The third-order valence-corrected chi connectivity index (χ3v) is 6.21. The highest BCUT2D eigenvalue weighted by Gasteiger charge is 2.35. The van der Waals surface area contributed by atoms with Crippen LogP contribution >= 0.6 is 0 Å². The van der Waals surface area contributed by atoms with Gasteiger partial charge in [-0.15, -0.1) is 0 Å². The molecule has 1 saturated carbocycles. The molecule has 0 bridgehead atoms. The van der Waals surface area contributed by atoms with E-state index in [1.54, 1.807) is 0 Å². The first-order valence-corrected chi connectivity index (χ1v) is 10.1. The normalized spacial score (nSPS) is 17.9. The lowest BCUT2D eigenvalue weighted by Crippen LogP contribution is -2.36. The van der Waals surface area contributed by atoms with Gasteiger partial charge in [-0.05, 0) is 32.3 Å². The summed E-state index contributed by atoms with van der Waals surface area (Å²) in [5, 5.41) is 5.85. The molecule has 27 heavy (non-hydrogen) atoms. The van der Waals surface area contributed by atoms with E-state index in [1.165, 1.54) is 40.7 Å². The van der Waals surface area contributed by atoms with Crippen molar-refractivity contribution in [1.82, 2.24) is 19.7 Å². The number of nitrogens with zero attached hydrogens (tertiary/aromatic N) is 3. The molecule has 1 atom stereocenters. The summed E-state index contributed by atoms with van der Waals surface area (Å²) in [6.07, 6.45) is 6.07. The quantitative estimate of drug-likeness (QED) is 0.747. The average Bonchev–Trinajstić information content (AvgIpc) is 3.33. The van der Waals surface area contributed by atoms with Gasteiger partial charge in [0.05, 0.1) is 17.5 Å². The Morgan fingerprint density at radius 2 is 2.15 bits per heavy atom. The molecule has 0 unspecified atom stereocenters. The highest BCUT2D eigenvalue weighted by molar-refractivity contribution is 5.96. The van der Waals surface area contributed by atoms with Crippen LogP contribution in [0.3, 0.4) is 0 Å². The molecule has 2 aliphatic rings. The summed E-state index contributed by atoms with van der Waals surface area (Å²) in [6.45, 7) is 5.80. The molecule has 140 valence electrons. The van der Waals surface area contributed by atoms with Crippen LogP contribution in [0, 0.1) is 0 Å². The molecule has 1 amide bonds. The Morgan fingerprint density at radius 3 is 2.93 bits per heavy atom. The summed E-state index contributed by atoms with van der Waals surface area (Å²) >= 11 is 0. The van der Waals surface area contributed by atoms with Gasteiger partial charge in [0, 0.05) is 53.6 Å². The Bertz CT molecular complexity index is 1010. The summed E-state index contributed by atoms with van der Waals surface area (Å²) < 4.78 is 2.10. The first kappa shape index (κ1) is 16.6. The molecule has 0 radical (unpaired) electrons. The fourth-order valence-electron chi connectivity index (χ4n) is 4.33. The molecule has 2 aromatic heterocycles. The Morgan fingerprint density at radius 1 is 1.33 bits per heavy atom. The number of benzene rings is 1. The predicted molar refractivity (Wildman–Crippen MR) is 106 cm³/mol. The number of hydrogen-bond donors (Lipinski definition) is 1. The minimum atomic E-state index is 0.141. The van der Waals surface area contributed by atoms with Gasteiger partial charge >= 0.3 is 0 Å². The molecule has 5 nitrogen and oxygen atoms in total. The van der Waals surface area contributed by atoms with E-state index in [-0.39, 0.29) is 5.91 Å². The molecule has 5 heteroatoms. The highest BCUT2D eigenvalue weighted by Crippen LogP contribution is 2.43. The third kappa shape index (κ3) is 2.68. The van der Waals surface area contributed by atoms with Crippen LogP contribution in [-0.2, 0) is 13.0 Å². The van der Waals surface area contributed by atoms with Crippen molar-refractivity contribution < 1.29 is 4.79 Å². The van der Waals surface area contributed by atoms with Gasteiger partial charge in [0.15, 0.2) is 0 Å². The third-order valence-electron chi connectivity index (χ3n) is 6.21. The maximum Gasteiger partial charge on any atom is 0.257 e. The largest absolute Gasteiger partial charge is 0.358 e. The van der Waals surface area contributed by atoms with E-state index in [9.17, 15) is 4.79 Å². The molecule has 1 N–H and O–H groups in total. The maximum atomic E-state index is 13.4. The number of rotatable bonds is 4. The number of hydrogen-bond acceptors (Lipinski definition) is 2. The van der Waals surface area contributed by atoms with Gasteiger partial charge in [0.1, 0.15) is 0 Å². The van der Waals surface area contributed by atoms with Gasteiger partial charge in [-0.3, -0.25) is 9.48 Å². The van der Waals surface area contributed by atoms with Crippen LogP contribution in [0.25, 0.3) is 10.9 Å². The van der Waals surface area contributed by atoms with Gasteiger partial charge in [0.2, 0.25) is 0 Å². The topological polar surface area (TPSA) is 53.9 Å². The van der Waals surface area contributed by atoms with Crippen LogP contribution in [0.1, 0.15) is 72.4 Å². The van der Waals surface area contributed by atoms with Crippen LogP contribution < -0.4 is 0 Å². The number of fused-ring (bicyclic) bond motifs is 3. The fourth-order valence-corrected chi connectivity index (χ4v) is 4.33. The average molecular weight is 362 g/mol. The summed E-state index contributed by atoms with van der Waals surface area (Å²) in [6, 6.07) is 8.72. The fraction of sp³-hybridized carbons (Fsp3) is 0.455. The number of carbonyl (C=O) groups is 1. The van der Waals surface area contributed by atoms with E-state index in [0.29, 0.717) is 18.5 Å². The second-order valence-electron chi connectivity index (χ2n) is 8.02. The van der Waals surface area contributed by atoms with Crippen molar-refractivity contribution in [2.24, 2.45) is 0 Å². The van der Waals surface area contributed by atoms with Crippen LogP contribution in [0.4, 0.5) is 0 Å². The lowest BCUT2D eigenvalue weighted by molar-refractivity contribution is 0.0733. The molecule has 1 aromatic carbocycles. The molecular formula is C22H26N4O. The van der Waals surface area contributed by atoms with E-state index < -0.39 is 0 Å². The Kier molecular flexibility index (Phi) is 3.85. The number of aromatic nitrogens is 3. The zero-order valence-corrected chi connectivity index (χ0v) is 16.0. The van der Waals surface area contributed by atoms with Crippen molar-refractivity contribution in [1.29, 1.82) is 0 Å². The van der Waals surface area contributed by atoms with E-state index >= 15 is 0 Å². The Labute approximate surface area is 159 Å². The van der Waals surface area contributed by atoms with E-state index in [0.717, 1.165) is 24.9 Å². The van der Waals surface area contributed by atoms with Crippen molar-refractivity contribution >= 4 is 16.8 Å². The zero-order valence-electron chi connectivity index (χ0n) is 16.0. The van der Waals surface area contributed by atoms with Crippen molar-refractivity contribution in [3.8, 4) is 0 Å². The van der Waals surface area contributed by atoms with Gasteiger partial charge in [-0.2, -0.15) is 5.10 Å². The second-order valence-corrected chi connectivity index (χ2v) is 8.02. The first-order chi connectivity index (χ1) is 13.2. The molecule has 3 heterocycles. The standard InChI is InChI=1S/C22H26N4O/c1-3-14(2)26-21(15-8-9-15)17(12-23-26)22(27)25-11-10-20-18(13-25)16-6-4-5-7-19(16)24-20/h4-7,12,14-15,24H,3,8-11,13H2,1-2H3/t14-/m1/s1. The van der Waals surface area contributed by atoms with Gasteiger partial charge in [0.25, 0.3) is 5.91 Å². The number of H-pyrrole nitrogens is 1. The Balaban J connectivity index is 1.48. The number of nitrogens with one attached hydrogen (secondary N) is 1.